The number of aromatic nitrogens is 2. The van der Waals surface area contributed by atoms with Gasteiger partial charge in [0.2, 0.25) is 10.0 Å². The van der Waals surface area contributed by atoms with Crippen molar-refractivity contribution < 1.29 is 8.42 Å². The van der Waals surface area contributed by atoms with Crippen LogP contribution in [-0.2, 0) is 28.5 Å². The largest absolute Gasteiger partial charge is 0.322 e. The second kappa shape index (κ2) is 9.16. The molecule has 0 aliphatic carbocycles. The number of hydrogen-bond donors (Lipinski definition) is 1. The molecule has 0 radical (unpaired) electrons. The lowest BCUT2D eigenvalue weighted by molar-refractivity contribution is 0.399. The van der Waals surface area contributed by atoms with Crippen molar-refractivity contribution in [2.75, 3.05) is 0 Å². The summed E-state index contributed by atoms with van der Waals surface area (Å²) in [7, 11) is -3.88. The number of H-pyrrole nitrogens is 1. The number of benzene rings is 2. The van der Waals surface area contributed by atoms with E-state index in [4.69, 9.17) is 0 Å². The fourth-order valence-corrected chi connectivity index (χ4v) is 5.27. The van der Waals surface area contributed by atoms with E-state index in [1.807, 2.05) is 43.3 Å². The molecular weight excluding hydrogens is 446 g/mol. The third kappa shape index (κ3) is 5.11. The van der Waals surface area contributed by atoms with Gasteiger partial charge in [0.15, 0.2) is 0 Å². The number of aromatic amines is 1. The third-order valence-corrected chi connectivity index (χ3v) is 7.67. The van der Waals surface area contributed by atoms with Crippen LogP contribution in [0.4, 0.5) is 0 Å². The van der Waals surface area contributed by atoms with Crippen LogP contribution >= 0.6 is 0 Å². The molecule has 2 aromatic carbocycles. The van der Waals surface area contributed by atoms with Crippen molar-refractivity contribution in [1.29, 1.82) is 0 Å². The molecule has 0 aliphatic heterocycles. The average molecular weight is 476 g/mol. The van der Waals surface area contributed by atoms with Crippen LogP contribution in [0.15, 0.2) is 82.7 Å². The quantitative estimate of drug-likeness (QED) is 0.429. The highest BCUT2D eigenvalue weighted by molar-refractivity contribution is 7.89. The maximum atomic E-state index is 13.7. The van der Waals surface area contributed by atoms with Crippen LogP contribution in [0.2, 0.25) is 0 Å². The van der Waals surface area contributed by atoms with Crippen LogP contribution < -0.4 is 5.56 Å². The molecule has 2 aromatic heterocycles. The zero-order valence-corrected chi connectivity index (χ0v) is 20.7. The summed E-state index contributed by atoms with van der Waals surface area (Å²) in [5.74, 6) is 0. The first-order valence-corrected chi connectivity index (χ1v) is 12.6. The molecule has 0 saturated heterocycles. The van der Waals surface area contributed by atoms with Gasteiger partial charge in [-0.3, -0.25) is 9.78 Å². The molecule has 0 spiro atoms. The molecule has 2 heterocycles. The summed E-state index contributed by atoms with van der Waals surface area (Å²) in [6.45, 7) is 8.24. The van der Waals surface area contributed by atoms with E-state index >= 15 is 0 Å². The number of hydrogen-bond acceptors (Lipinski definition) is 4. The van der Waals surface area contributed by atoms with E-state index < -0.39 is 10.0 Å². The number of aryl methyl sites for hydroxylation is 1. The summed E-state index contributed by atoms with van der Waals surface area (Å²) in [5, 5.41) is 0.855. The van der Waals surface area contributed by atoms with Gasteiger partial charge in [0.05, 0.1) is 4.90 Å². The fourth-order valence-electron chi connectivity index (χ4n) is 3.86. The standard InChI is InChI=1S/C27H29N3O3S/c1-19-7-8-21-15-22(26(31)29-25(21)14-19)18-30(17-20-6-5-13-28-16-20)34(32,33)24-11-9-23(10-12-24)27(2,3)4/h5-16H,17-18H2,1-4H3,(H,29,31). The van der Waals surface area contributed by atoms with Crippen molar-refractivity contribution in [2.24, 2.45) is 0 Å². The highest BCUT2D eigenvalue weighted by Gasteiger charge is 2.27. The minimum Gasteiger partial charge on any atom is -0.322 e. The van der Waals surface area contributed by atoms with E-state index in [0.29, 0.717) is 5.56 Å². The first-order valence-electron chi connectivity index (χ1n) is 11.2. The number of sulfonamides is 1. The van der Waals surface area contributed by atoms with Gasteiger partial charge in [-0.1, -0.05) is 51.1 Å². The van der Waals surface area contributed by atoms with Crippen LogP contribution in [0.5, 0.6) is 0 Å². The summed E-state index contributed by atoms with van der Waals surface area (Å²) in [6, 6.07) is 18.1. The number of nitrogens with one attached hydrogen (secondary N) is 1. The Morgan fingerprint density at radius 2 is 1.71 bits per heavy atom. The molecule has 0 fully saturated rings. The Hall–Kier alpha value is -3.29. The molecule has 6 nitrogen and oxygen atoms in total. The molecular formula is C27H29N3O3S. The maximum Gasteiger partial charge on any atom is 0.252 e. The van der Waals surface area contributed by atoms with Crippen molar-refractivity contribution in [3.8, 4) is 0 Å². The molecule has 176 valence electrons. The Kier molecular flexibility index (Phi) is 6.43. The SMILES string of the molecule is Cc1ccc2cc(CN(Cc3cccnc3)S(=O)(=O)c3ccc(C(C)(C)C)cc3)c(=O)[nH]c2c1. The summed E-state index contributed by atoms with van der Waals surface area (Å²) < 4.78 is 28.8. The molecule has 4 aromatic rings. The normalized spacial score (nSPS) is 12.4. The van der Waals surface area contributed by atoms with Crippen molar-refractivity contribution in [2.45, 2.75) is 51.1 Å². The van der Waals surface area contributed by atoms with Crippen molar-refractivity contribution in [1.82, 2.24) is 14.3 Å². The van der Waals surface area contributed by atoms with E-state index in [9.17, 15) is 13.2 Å². The molecule has 0 saturated carbocycles. The lowest BCUT2D eigenvalue weighted by Gasteiger charge is -2.23. The van der Waals surface area contributed by atoms with Crippen molar-refractivity contribution in [3.05, 3.63) is 106 Å². The van der Waals surface area contributed by atoms with Crippen LogP contribution in [0.25, 0.3) is 10.9 Å². The Balaban J connectivity index is 1.75. The maximum absolute atomic E-state index is 13.7. The highest BCUT2D eigenvalue weighted by atomic mass is 32.2. The molecule has 0 atom stereocenters. The lowest BCUT2D eigenvalue weighted by atomic mass is 9.87. The summed E-state index contributed by atoms with van der Waals surface area (Å²) in [6.07, 6.45) is 3.28. The van der Waals surface area contributed by atoms with Crippen molar-refractivity contribution in [3.63, 3.8) is 0 Å². The number of nitrogens with zero attached hydrogens (tertiary/aromatic N) is 2. The smallest absolute Gasteiger partial charge is 0.252 e. The number of fused-ring (bicyclic) bond motifs is 1. The second-order valence-electron chi connectivity index (χ2n) is 9.62. The van der Waals surface area contributed by atoms with E-state index in [-0.39, 0.29) is 29.0 Å². The van der Waals surface area contributed by atoms with Gasteiger partial charge >= 0.3 is 0 Å². The van der Waals surface area contributed by atoms with Crippen molar-refractivity contribution >= 4 is 20.9 Å². The van der Waals surface area contributed by atoms with Crippen LogP contribution in [-0.4, -0.2) is 22.7 Å². The van der Waals surface area contributed by atoms with Gasteiger partial charge in [-0.2, -0.15) is 4.31 Å². The fraction of sp³-hybridized carbons (Fsp3) is 0.259. The summed E-state index contributed by atoms with van der Waals surface area (Å²) in [4.78, 5) is 20.1. The van der Waals surface area contributed by atoms with E-state index in [1.54, 1.807) is 36.7 Å². The Morgan fingerprint density at radius 1 is 0.971 bits per heavy atom. The molecule has 34 heavy (non-hydrogen) atoms. The van der Waals surface area contributed by atoms with Crippen LogP contribution in [0.1, 0.15) is 43.0 Å². The van der Waals surface area contributed by atoms with Gasteiger partial charge in [0.1, 0.15) is 0 Å². The van der Waals surface area contributed by atoms with Gasteiger partial charge in [-0.25, -0.2) is 8.42 Å². The zero-order chi connectivity index (χ0) is 24.5. The molecule has 7 heteroatoms. The first kappa shape index (κ1) is 23.9. The zero-order valence-electron chi connectivity index (χ0n) is 19.9. The van der Waals surface area contributed by atoms with Gasteiger partial charge < -0.3 is 4.98 Å². The Bertz CT molecular complexity index is 1470. The lowest BCUT2D eigenvalue weighted by Crippen LogP contribution is -2.32. The van der Waals surface area contributed by atoms with Gasteiger partial charge in [0, 0.05) is 36.6 Å². The Morgan fingerprint density at radius 3 is 2.35 bits per heavy atom. The monoisotopic (exact) mass is 475 g/mol. The number of pyridine rings is 2. The minimum absolute atomic E-state index is 0.0581. The molecule has 0 bridgehead atoms. The third-order valence-electron chi connectivity index (χ3n) is 5.86. The molecule has 0 aliphatic rings. The molecule has 0 unspecified atom stereocenters. The molecule has 1 N–H and O–H groups in total. The van der Waals surface area contributed by atoms with E-state index in [2.05, 4.69) is 30.7 Å². The molecule has 4 rings (SSSR count). The summed E-state index contributed by atoms with van der Waals surface area (Å²) >= 11 is 0. The van der Waals surface area contributed by atoms with E-state index in [0.717, 1.165) is 27.6 Å². The first-order chi connectivity index (χ1) is 16.0. The topological polar surface area (TPSA) is 83.1 Å². The predicted octanol–water partition coefficient (Wildman–Crippen LogP) is 4.92. The second-order valence-corrected chi connectivity index (χ2v) is 11.6. The van der Waals surface area contributed by atoms with E-state index in [1.165, 1.54) is 4.31 Å². The predicted molar refractivity (Wildman–Crippen MR) is 135 cm³/mol. The average Bonchev–Trinajstić information content (AvgIpc) is 2.79. The Labute approximate surface area is 200 Å². The highest BCUT2D eigenvalue weighted by Crippen LogP contribution is 2.26. The number of rotatable bonds is 6. The van der Waals surface area contributed by atoms with Crippen LogP contribution in [0.3, 0.4) is 0 Å². The van der Waals surface area contributed by atoms with Gasteiger partial charge in [-0.15, -0.1) is 0 Å². The minimum atomic E-state index is -3.88. The van der Waals surface area contributed by atoms with Gasteiger partial charge in [0.25, 0.3) is 5.56 Å². The van der Waals surface area contributed by atoms with Gasteiger partial charge in [-0.05, 0) is 64.7 Å². The molecule has 0 amide bonds. The summed E-state index contributed by atoms with van der Waals surface area (Å²) in [5.41, 5.74) is 3.55. The van der Waals surface area contributed by atoms with Crippen LogP contribution in [0, 0.1) is 6.92 Å².